The van der Waals surface area contributed by atoms with E-state index in [0.717, 1.165) is 23.1 Å². The number of amides is 1. The summed E-state index contributed by atoms with van der Waals surface area (Å²) in [7, 11) is 0. The fraction of sp³-hybridized carbons (Fsp3) is 0.423. The van der Waals surface area contributed by atoms with E-state index in [0.29, 0.717) is 12.4 Å². The Balaban J connectivity index is 1.78. The molecule has 0 aromatic heterocycles. The van der Waals surface area contributed by atoms with Crippen LogP contribution in [0.4, 0.5) is 0 Å². The minimum Gasteiger partial charge on any atom is -0.466 e. The number of ether oxygens (including phenoxy) is 2. The van der Waals surface area contributed by atoms with Crippen molar-refractivity contribution in [3.05, 3.63) is 71.3 Å². The highest BCUT2D eigenvalue weighted by atomic mass is 16.6. The molecule has 0 radical (unpaired) electrons. The van der Waals surface area contributed by atoms with Gasteiger partial charge in [-0.3, -0.25) is 9.59 Å². The number of esters is 1. The van der Waals surface area contributed by atoms with Crippen molar-refractivity contribution in [2.75, 3.05) is 6.61 Å². The van der Waals surface area contributed by atoms with Crippen molar-refractivity contribution in [2.24, 2.45) is 11.0 Å². The molecule has 6 heteroatoms. The van der Waals surface area contributed by atoms with Crippen LogP contribution in [0, 0.1) is 5.92 Å². The number of rotatable bonds is 7. The third kappa shape index (κ3) is 5.96. The Hall–Kier alpha value is -3.15. The SMILES string of the molecule is CCC(C)C(C(=O)OC(C)(C)C)c1ccc(CN2N=C(c3ccccc3)OCC2=O)cc1. The molecule has 1 heterocycles. The fourth-order valence-electron chi connectivity index (χ4n) is 3.55. The molecule has 0 saturated heterocycles. The Morgan fingerprint density at radius 2 is 1.78 bits per heavy atom. The summed E-state index contributed by atoms with van der Waals surface area (Å²) in [5.41, 5.74) is 2.13. The van der Waals surface area contributed by atoms with E-state index in [-0.39, 0.29) is 30.3 Å². The monoisotopic (exact) mass is 436 g/mol. The standard InChI is InChI=1S/C26H32N2O4/c1-6-18(2)23(25(30)32-26(3,4)5)20-14-12-19(13-15-20)16-28-22(29)17-31-24(27-28)21-10-8-7-9-11-21/h7-15,18,23H,6,16-17H2,1-5H3. The van der Waals surface area contributed by atoms with Gasteiger partial charge in [-0.1, -0.05) is 62.7 Å². The molecule has 2 aromatic carbocycles. The highest BCUT2D eigenvalue weighted by Crippen LogP contribution is 2.30. The number of nitrogens with zero attached hydrogens (tertiary/aromatic N) is 2. The van der Waals surface area contributed by atoms with Gasteiger partial charge in [0, 0.05) is 5.56 Å². The molecule has 1 aliphatic heterocycles. The van der Waals surface area contributed by atoms with E-state index in [4.69, 9.17) is 9.47 Å². The number of hydrazone groups is 1. The molecule has 0 spiro atoms. The summed E-state index contributed by atoms with van der Waals surface area (Å²) >= 11 is 0. The van der Waals surface area contributed by atoms with Gasteiger partial charge in [0.25, 0.3) is 5.91 Å². The number of hydrogen-bond donors (Lipinski definition) is 0. The maximum absolute atomic E-state index is 12.9. The van der Waals surface area contributed by atoms with Crippen molar-refractivity contribution in [3.63, 3.8) is 0 Å². The minimum atomic E-state index is -0.534. The molecule has 0 saturated carbocycles. The molecule has 0 aliphatic carbocycles. The van der Waals surface area contributed by atoms with Crippen LogP contribution >= 0.6 is 0 Å². The van der Waals surface area contributed by atoms with Crippen LogP contribution in [0.5, 0.6) is 0 Å². The summed E-state index contributed by atoms with van der Waals surface area (Å²) in [4.78, 5) is 25.2. The zero-order valence-electron chi connectivity index (χ0n) is 19.5. The van der Waals surface area contributed by atoms with Crippen LogP contribution in [-0.2, 0) is 25.6 Å². The highest BCUT2D eigenvalue weighted by Gasteiger charge is 2.30. The van der Waals surface area contributed by atoms with Gasteiger partial charge in [-0.15, -0.1) is 5.10 Å². The summed E-state index contributed by atoms with van der Waals surface area (Å²) < 4.78 is 11.2. The van der Waals surface area contributed by atoms with Gasteiger partial charge >= 0.3 is 5.97 Å². The second-order valence-corrected chi connectivity index (χ2v) is 9.15. The van der Waals surface area contributed by atoms with Crippen molar-refractivity contribution < 1.29 is 19.1 Å². The van der Waals surface area contributed by atoms with Gasteiger partial charge in [0.15, 0.2) is 6.61 Å². The van der Waals surface area contributed by atoms with Gasteiger partial charge in [0.2, 0.25) is 5.90 Å². The van der Waals surface area contributed by atoms with Crippen LogP contribution in [0.3, 0.4) is 0 Å². The fourth-order valence-corrected chi connectivity index (χ4v) is 3.55. The first-order chi connectivity index (χ1) is 15.2. The van der Waals surface area contributed by atoms with E-state index in [2.05, 4.69) is 18.9 Å². The maximum atomic E-state index is 12.9. The van der Waals surface area contributed by atoms with Gasteiger partial charge in [-0.05, 0) is 49.9 Å². The summed E-state index contributed by atoms with van der Waals surface area (Å²) in [5, 5.41) is 5.83. The third-order valence-electron chi connectivity index (χ3n) is 5.40. The Bertz CT molecular complexity index is 962. The Morgan fingerprint density at radius 3 is 2.38 bits per heavy atom. The number of benzene rings is 2. The molecule has 1 aliphatic rings. The average molecular weight is 437 g/mol. The van der Waals surface area contributed by atoms with E-state index in [1.165, 1.54) is 5.01 Å². The highest BCUT2D eigenvalue weighted by molar-refractivity contribution is 5.97. The van der Waals surface area contributed by atoms with Crippen LogP contribution in [0.1, 0.15) is 63.6 Å². The van der Waals surface area contributed by atoms with E-state index < -0.39 is 5.60 Å². The zero-order chi connectivity index (χ0) is 23.3. The zero-order valence-corrected chi connectivity index (χ0v) is 19.5. The summed E-state index contributed by atoms with van der Waals surface area (Å²) in [5.74, 6) is -0.154. The molecule has 6 nitrogen and oxygen atoms in total. The molecule has 0 bridgehead atoms. The van der Waals surface area contributed by atoms with Gasteiger partial charge in [-0.2, -0.15) is 0 Å². The van der Waals surface area contributed by atoms with Gasteiger partial charge in [0.05, 0.1) is 12.5 Å². The first kappa shape index (κ1) is 23.5. The lowest BCUT2D eigenvalue weighted by atomic mass is 9.85. The Kier molecular flexibility index (Phi) is 7.33. The van der Waals surface area contributed by atoms with Gasteiger partial charge in [0.1, 0.15) is 5.60 Å². The smallest absolute Gasteiger partial charge is 0.314 e. The quantitative estimate of drug-likeness (QED) is 0.580. The number of hydrogen-bond acceptors (Lipinski definition) is 5. The molecule has 0 N–H and O–H groups in total. The maximum Gasteiger partial charge on any atom is 0.314 e. The van der Waals surface area contributed by atoms with Gasteiger partial charge in [-0.25, -0.2) is 5.01 Å². The van der Waals surface area contributed by atoms with Crippen LogP contribution < -0.4 is 0 Å². The van der Waals surface area contributed by atoms with Crippen LogP contribution in [-0.4, -0.2) is 35.0 Å². The predicted molar refractivity (Wildman–Crippen MR) is 124 cm³/mol. The molecular weight excluding hydrogens is 404 g/mol. The minimum absolute atomic E-state index is 0.0411. The number of carbonyl (C=O) groups is 2. The first-order valence-electron chi connectivity index (χ1n) is 11.1. The average Bonchev–Trinajstić information content (AvgIpc) is 2.76. The molecule has 0 fully saturated rings. The molecule has 2 atom stereocenters. The van der Waals surface area contributed by atoms with Crippen LogP contribution in [0.2, 0.25) is 0 Å². The van der Waals surface area contributed by atoms with E-state index in [1.54, 1.807) is 0 Å². The summed E-state index contributed by atoms with van der Waals surface area (Å²) in [6.45, 7) is 10.1. The third-order valence-corrected chi connectivity index (χ3v) is 5.40. The molecule has 2 aromatic rings. The van der Waals surface area contributed by atoms with Crippen molar-refractivity contribution >= 4 is 17.8 Å². The largest absolute Gasteiger partial charge is 0.466 e. The lowest BCUT2D eigenvalue weighted by Crippen LogP contribution is -2.36. The second kappa shape index (κ2) is 9.98. The molecule has 1 amide bonds. The van der Waals surface area contributed by atoms with E-state index >= 15 is 0 Å². The molecule has 32 heavy (non-hydrogen) atoms. The first-order valence-corrected chi connectivity index (χ1v) is 11.1. The van der Waals surface area contributed by atoms with Crippen molar-refractivity contribution in [2.45, 2.75) is 59.1 Å². The molecular formula is C26H32N2O4. The van der Waals surface area contributed by atoms with E-state index in [9.17, 15) is 9.59 Å². The van der Waals surface area contributed by atoms with Crippen LogP contribution in [0.25, 0.3) is 0 Å². The number of carbonyl (C=O) groups excluding carboxylic acids is 2. The lowest BCUT2D eigenvalue weighted by Gasteiger charge is -2.27. The Labute approximate surface area is 190 Å². The van der Waals surface area contributed by atoms with Crippen LogP contribution in [0.15, 0.2) is 59.7 Å². The summed E-state index contributed by atoms with van der Waals surface area (Å²) in [6.07, 6.45) is 0.866. The summed E-state index contributed by atoms with van der Waals surface area (Å²) in [6, 6.07) is 17.3. The molecule has 170 valence electrons. The molecule has 3 rings (SSSR count). The lowest BCUT2D eigenvalue weighted by molar-refractivity contribution is -0.158. The Morgan fingerprint density at radius 1 is 1.12 bits per heavy atom. The van der Waals surface area contributed by atoms with E-state index in [1.807, 2.05) is 75.4 Å². The van der Waals surface area contributed by atoms with Crippen molar-refractivity contribution in [3.8, 4) is 0 Å². The predicted octanol–water partition coefficient (Wildman–Crippen LogP) is 4.88. The van der Waals surface area contributed by atoms with Crippen molar-refractivity contribution in [1.29, 1.82) is 0 Å². The van der Waals surface area contributed by atoms with Gasteiger partial charge < -0.3 is 9.47 Å². The molecule has 2 unspecified atom stereocenters. The second-order valence-electron chi connectivity index (χ2n) is 9.15. The normalized spacial score (nSPS) is 16.1. The topological polar surface area (TPSA) is 68.2 Å². The van der Waals surface area contributed by atoms with Crippen molar-refractivity contribution in [1.82, 2.24) is 5.01 Å².